The van der Waals surface area contributed by atoms with Crippen molar-refractivity contribution < 1.29 is 4.79 Å². The number of anilines is 1. The predicted molar refractivity (Wildman–Crippen MR) is 67.4 cm³/mol. The molecule has 0 saturated heterocycles. The maximum atomic E-state index is 10.7. The van der Waals surface area contributed by atoms with Crippen LogP contribution in [-0.4, -0.2) is 23.9 Å². The molecule has 1 aromatic rings. The fraction of sp³-hybridized carbons (Fsp3) is 0.667. The average molecular weight is 238 g/mol. The maximum Gasteiger partial charge on any atom is 0.186 e. The highest BCUT2D eigenvalue weighted by Crippen LogP contribution is 2.29. The van der Waals surface area contributed by atoms with Gasteiger partial charge in [-0.1, -0.05) is 30.6 Å². The Kier molecular flexibility index (Phi) is 3.93. The van der Waals surface area contributed by atoms with Crippen LogP contribution in [0.3, 0.4) is 0 Å². The molecule has 0 radical (unpaired) electrons. The number of carbonyl (C=O) groups excluding carboxylic acids is 1. The molecule has 0 amide bonds. The van der Waals surface area contributed by atoms with E-state index >= 15 is 0 Å². The van der Waals surface area contributed by atoms with Gasteiger partial charge in [-0.3, -0.25) is 4.79 Å². The minimum absolute atomic E-state index is 0.629. The van der Waals surface area contributed by atoms with E-state index in [0.29, 0.717) is 6.04 Å². The molecule has 0 atom stereocenters. The molecule has 1 saturated carbocycles. The Morgan fingerprint density at radius 2 is 2.25 bits per heavy atom. The van der Waals surface area contributed by atoms with Crippen molar-refractivity contribution in [2.75, 3.05) is 11.4 Å². The van der Waals surface area contributed by atoms with Crippen LogP contribution >= 0.6 is 11.3 Å². The first kappa shape index (κ1) is 11.6. The number of aldehydes is 1. The highest BCUT2D eigenvalue weighted by Gasteiger charge is 2.22. The minimum atomic E-state index is 0.629. The Hall–Kier alpha value is -0.900. The third-order valence-corrected chi connectivity index (χ3v) is 4.19. The van der Waals surface area contributed by atoms with E-state index in [4.69, 9.17) is 0 Å². The molecule has 4 heteroatoms. The first-order valence-electron chi connectivity index (χ1n) is 6.02. The molecule has 0 aromatic carbocycles. The van der Waals surface area contributed by atoms with Gasteiger partial charge in [-0.15, -0.1) is 0 Å². The summed E-state index contributed by atoms with van der Waals surface area (Å²) < 4.78 is 0. The minimum Gasteiger partial charge on any atom is -0.345 e. The van der Waals surface area contributed by atoms with Gasteiger partial charge in [-0.2, -0.15) is 0 Å². The van der Waals surface area contributed by atoms with E-state index < -0.39 is 0 Å². The Bertz CT molecular complexity index is 345. The number of hydrogen-bond donors (Lipinski definition) is 0. The summed E-state index contributed by atoms with van der Waals surface area (Å²) in [4.78, 5) is 18.1. The molecule has 0 bridgehead atoms. The van der Waals surface area contributed by atoms with Gasteiger partial charge >= 0.3 is 0 Å². The summed E-state index contributed by atoms with van der Waals surface area (Å²) in [6.45, 7) is 3.15. The standard InChI is InChI=1S/C12H18N2OS/c1-2-14(10-6-4-3-5-7-10)12-13-8-11(9-15)16-12/h8-10H,2-7H2,1H3. The lowest BCUT2D eigenvalue weighted by atomic mass is 9.94. The van der Waals surface area contributed by atoms with Gasteiger partial charge in [0.2, 0.25) is 0 Å². The molecular weight excluding hydrogens is 220 g/mol. The molecule has 88 valence electrons. The lowest BCUT2D eigenvalue weighted by Gasteiger charge is -2.33. The lowest BCUT2D eigenvalue weighted by Crippen LogP contribution is -2.36. The zero-order valence-electron chi connectivity index (χ0n) is 9.69. The second-order valence-corrected chi connectivity index (χ2v) is 5.28. The highest BCUT2D eigenvalue weighted by molar-refractivity contribution is 7.17. The van der Waals surface area contributed by atoms with Crippen molar-refractivity contribution in [3.05, 3.63) is 11.1 Å². The average Bonchev–Trinajstić information content (AvgIpc) is 2.80. The first-order chi connectivity index (χ1) is 7.85. The molecule has 1 aliphatic rings. The van der Waals surface area contributed by atoms with Crippen molar-refractivity contribution in [2.24, 2.45) is 0 Å². The summed E-state index contributed by atoms with van der Waals surface area (Å²) in [6.07, 6.45) is 9.12. The Labute approximate surface area is 100 Å². The highest BCUT2D eigenvalue weighted by atomic mass is 32.1. The summed E-state index contributed by atoms with van der Waals surface area (Å²) in [5.74, 6) is 0. The normalized spacial score (nSPS) is 17.3. The topological polar surface area (TPSA) is 33.2 Å². The summed E-state index contributed by atoms with van der Waals surface area (Å²) >= 11 is 1.51. The van der Waals surface area contributed by atoms with Crippen LogP contribution in [0, 0.1) is 0 Å². The maximum absolute atomic E-state index is 10.7. The van der Waals surface area contributed by atoms with Crippen LogP contribution < -0.4 is 4.90 Å². The van der Waals surface area contributed by atoms with Gasteiger partial charge in [0, 0.05) is 12.6 Å². The molecule has 1 aliphatic carbocycles. The molecule has 0 N–H and O–H groups in total. The van der Waals surface area contributed by atoms with E-state index in [0.717, 1.165) is 22.8 Å². The van der Waals surface area contributed by atoms with Gasteiger partial charge < -0.3 is 4.90 Å². The first-order valence-corrected chi connectivity index (χ1v) is 6.84. The Morgan fingerprint density at radius 1 is 1.50 bits per heavy atom. The summed E-state index contributed by atoms with van der Waals surface area (Å²) in [7, 11) is 0. The SMILES string of the molecule is CCN(c1ncc(C=O)s1)C1CCCCC1. The van der Waals surface area contributed by atoms with Gasteiger partial charge in [0.15, 0.2) is 11.4 Å². The molecule has 1 fully saturated rings. The van der Waals surface area contributed by atoms with E-state index in [1.54, 1.807) is 6.20 Å². The smallest absolute Gasteiger partial charge is 0.186 e. The predicted octanol–water partition coefficient (Wildman–Crippen LogP) is 3.11. The van der Waals surface area contributed by atoms with Crippen molar-refractivity contribution in [2.45, 2.75) is 45.1 Å². The van der Waals surface area contributed by atoms with Crippen LogP contribution in [0.15, 0.2) is 6.20 Å². The molecule has 1 heterocycles. The van der Waals surface area contributed by atoms with Crippen LogP contribution in [0.2, 0.25) is 0 Å². The van der Waals surface area contributed by atoms with Crippen LogP contribution in [-0.2, 0) is 0 Å². The van der Waals surface area contributed by atoms with E-state index in [-0.39, 0.29) is 0 Å². The molecule has 2 rings (SSSR count). The van der Waals surface area contributed by atoms with Gasteiger partial charge in [0.1, 0.15) is 0 Å². The van der Waals surface area contributed by atoms with Crippen LogP contribution in [0.25, 0.3) is 0 Å². The van der Waals surface area contributed by atoms with Crippen molar-refractivity contribution in [1.82, 2.24) is 4.98 Å². The fourth-order valence-electron chi connectivity index (χ4n) is 2.41. The zero-order chi connectivity index (χ0) is 11.4. The largest absolute Gasteiger partial charge is 0.345 e. The van der Waals surface area contributed by atoms with Gasteiger partial charge in [-0.05, 0) is 19.8 Å². The Balaban J connectivity index is 2.10. The van der Waals surface area contributed by atoms with Gasteiger partial charge in [0.25, 0.3) is 0 Å². The van der Waals surface area contributed by atoms with Crippen molar-refractivity contribution in [3.63, 3.8) is 0 Å². The number of hydrogen-bond acceptors (Lipinski definition) is 4. The van der Waals surface area contributed by atoms with Crippen molar-refractivity contribution in [1.29, 1.82) is 0 Å². The van der Waals surface area contributed by atoms with Crippen molar-refractivity contribution in [3.8, 4) is 0 Å². The molecule has 1 aromatic heterocycles. The second-order valence-electron chi connectivity index (χ2n) is 4.24. The second kappa shape index (κ2) is 5.43. The molecule has 16 heavy (non-hydrogen) atoms. The van der Waals surface area contributed by atoms with E-state index in [1.807, 2.05) is 0 Å². The van der Waals surface area contributed by atoms with Crippen LogP contribution in [0.1, 0.15) is 48.7 Å². The number of carbonyl (C=O) groups is 1. The number of aromatic nitrogens is 1. The molecule has 0 spiro atoms. The number of thiazole rings is 1. The summed E-state index contributed by atoms with van der Waals surface area (Å²) in [5, 5.41) is 1.01. The monoisotopic (exact) mass is 238 g/mol. The van der Waals surface area contributed by atoms with Gasteiger partial charge in [-0.25, -0.2) is 4.98 Å². The lowest BCUT2D eigenvalue weighted by molar-refractivity contribution is 0.112. The van der Waals surface area contributed by atoms with Crippen molar-refractivity contribution >= 4 is 22.8 Å². The summed E-state index contributed by atoms with van der Waals surface area (Å²) in [6, 6.07) is 0.629. The Morgan fingerprint density at radius 3 is 2.81 bits per heavy atom. The molecule has 0 aliphatic heterocycles. The molecule has 3 nitrogen and oxygen atoms in total. The quantitative estimate of drug-likeness (QED) is 0.756. The van der Waals surface area contributed by atoms with E-state index in [2.05, 4.69) is 16.8 Å². The van der Waals surface area contributed by atoms with Crippen LogP contribution in [0.4, 0.5) is 5.13 Å². The number of rotatable bonds is 4. The number of nitrogens with zero attached hydrogens (tertiary/aromatic N) is 2. The third-order valence-electron chi connectivity index (χ3n) is 3.23. The third kappa shape index (κ3) is 2.43. The molecular formula is C12H18N2OS. The zero-order valence-corrected chi connectivity index (χ0v) is 10.5. The fourth-order valence-corrected chi connectivity index (χ4v) is 3.27. The van der Waals surface area contributed by atoms with Gasteiger partial charge in [0.05, 0.1) is 11.1 Å². The van der Waals surface area contributed by atoms with Crippen LogP contribution in [0.5, 0.6) is 0 Å². The van der Waals surface area contributed by atoms with E-state index in [9.17, 15) is 4.79 Å². The summed E-state index contributed by atoms with van der Waals surface area (Å²) in [5.41, 5.74) is 0. The molecule has 0 unspecified atom stereocenters. The van der Waals surface area contributed by atoms with E-state index in [1.165, 1.54) is 43.4 Å².